The smallest absolute Gasteiger partial charge is 0.142 e. The first-order valence-electron chi connectivity index (χ1n) is 6.88. The van der Waals surface area contributed by atoms with Crippen LogP contribution in [0.3, 0.4) is 0 Å². The van der Waals surface area contributed by atoms with Crippen LogP contribution in [-0.2, 0) is 4.79 Å². The minimum Gasteiger partial charge on any atom is -0.299 e. The molecule has 0 N–H and O–H groups in total. The molecule has 17 heavy (non-hydrogen) atoms. The van der Waals surface area contributed by atoms with Gasteiger partial charge in [-0.25, -0.2) is 0 Å². The molecule has 0 aromatic heterocycles. The van der Waals surface area contributed by atoms with Gasteiger partial charge in [-0.05, 0) is 43.4 Å². The molecule has 0 radical (unpaired) electrons. The van der Waals surface area contributed by atoms with Crippen molar-refractivity contribution in [3.8, 4) is 0 Å². The number of rotatable bonds is 3. The fraction of sp³-hybridized carbons (Fsp3) is 0.812. The molecule has 3 aliphatic carbocycles. The Bertz CT molecular complexity index is 366. The second-order valence-corrected chi connectivity index (χ2v) is 7.35. The topological polar surface area (TPSA) is 17.1 Å². The second-order valence-electron chi connectivity index (χ2n) is 7.35. The number of carbonyl (C=O) groups is 1. The number of fused-ring (bicyclic) bond motifs is 2. The van der Waals surface area contributed by atoms with Gasteiger partial charge in [-0.1, -0.05) is 33.3 Å². The fourth-order valence-electron chi connectivity index (χ4n) is 4.01. The number of ketones is 1. The maximum absolute atomic E-state index is 12.7. The molecule has 0 amide bonds. The maximum Gasteiger partial charge on any atom is 0.142 e. The summed E-state index contributed by atoms with van der Waals surface area (Å²) in [6.07, 6.45) is 3.22. The molecule has 2 bridgehead atoms. The van der Waals surface area contributed by atoms with E-state index >= 15 is 0 Å². The normalized spacial score (nSPS) is 40.6. The van der Waals surface area contributed by atoms with Gasteiger partial charge in [-0.2, -0.15) is 0 Å². The second kappa shape index (κ2) is 3.70. The largest absolute Gasteiger partial charge is 0.299 e. The number of hydrogen-bond acceptors (Lipinski definition) is 1. The average molecular weight is 234 g/mol. The van der Waals surface area contributed by atoms with Crippen LogP contribution in [0.15, 0.2) is 12.2 Å². The van der Waals surface area contributed by atoms with Gasteiger partial charge < -0.3 is 0 Å². The highest BCUT2D eigenvalue weighted by Crippen LogP contribution is 2.64. The summed E-state index contributed by atoms with van der Waals surface area (Å²) in [6, 6.07) is 0. The summed E-state index contributed by atoms with van der Waals surface area (Å²) in [4.78, 5) is 12.7. The maximum atomic E-state index is 12.7. The minimum absolute atomic E-state index is 0.0952. The van der Waals surface area contributed by atoms with Crippen molar-refractivity contribution in [1.82, 2.24) is 0 Å². The third-order valence-corrected chi connectivity index (χ3v) is 5.76. The molecule has 0 saturated heterocycles. The van der Waals surface area contributed by atoms with E-state index < -0.39 is 0 Å². The van der Waals surface area contributed by atoms with Crippen LogP contribution in [0.2, 0.25) is 0 Å². The predicted molar refractivity (Wildman–Crippen MR) is 71.7 cm³/mol. The first-order valence-corrected chi connectivity index (χ1v) is 6.88. The lowest BCUT2D eigenvalue weighted by Gasteiger charge is -2.62. The molecule has 0 spiro atoms. The summed E-state index contributed by atoms with van der Waals surface area (Å²) >= 11 is 0. The van der Waals surface area contributed by atoms with Crippen molar-refractivity contribution in [2.24, 2.45) is 28.6 Å². The number of allylic oxidation sites excluding steroid dienone is 1. The molecule has 0 heterocycles. The minimum atomic E-state index is -0.0952. The zero-order valence-electron chi connectivity index (χ0n) is 12.0. The molecule has 3 saturated carbocycles. The highest BCUT2D eigenvalue weighted by Gasteiger charge is 2.62. The van der Waals surface area contributed by atoms with Crippen LogP contribution in [0.5, 0.6) is 0 Å². The molecule has 3 rings (SSSR count). The molecule has 3 aliphatic rings. The molecule has 96 valence electrons. The molecule has 4 atom stereocenters. The Morgan fingerprint density at radius 2 is 2.06 bits per heavy atom. The first-order chi connectivity index (χ1) is 7.69. The fourth-order valence-corrected chi connectivity index (χ4v) is 4.01. The molecule has 1 heteroatoms. The third kappa shape index (κ3) is 1.70. The Morgan fingerprint density at radius 3 is 2.47 bits per heavy atom. The lowest BCUT2D eigenvalue weighted by atomic mass is 9.41. The van der Waals surface area contributed by atoms with Crippen LogP contribution >= 0.6 is 0 Å². The van der Waals surface area contributed by atoms with E-state index in [2.05, 4.69) is 41.2 Å². The summed E-state index contributed by atoms with van der Waals surface area (Å²) in [7, 11) is 0. The molecule has 0 aromatic rings. The summed E-state index contributed by atoms with van der Waals surface area (Å²) in [5.41, 5.74) is 1.37. The quantitative estimate of drug-likeness (QED) is 0.668. The Kier molecular flexibility index (Phi) is 2.80. The molecular weight excluding hydrogens is 208 g/mol. The van der Waals surface area contributed by atoms with Crippen LogP contribution in [0.25, 0.3) is 0 Å². The summed E-state index contributed by atoms with van der Waals surface area (Å²) in [5, 5.41) is 0. The van der Waals surface area contributed by atoms with Gasteiger partial charge in [0, 0.05) is 11.3 Å². The lowest BCUT2D eigenvalue weighted by molar-refractivity contribution is -0.172. The van der Waals surface area contributed by atoms with E-state index in [0.717, 1.165) is 25.2 Å². The lowest BCUT2D eigenvalue weighted by Crippen LogP contribution is -2.61. The van der Waals surface area contributed by atoms with E-state index in [1.54, 1.807) is 0 Å². The van der Waals surface area contributed by atoms with Gasteiger partial charge in [0.1, 0.15) is 5.78 Å². The van der Waals surface area contributed by atoms with Gasteiger partial charge in [-0.15, -0.1) is 6.58 Å². The van der Waals surface area contributed by atoms with Crippen LogP contribution in [0.1, 0.15) is 53.9 Å². The predicted octanol–water partition coefficient (Wildman–Crippen LogP) is 4.23. The first kappa shape index (κ1) is 12.9. The van der Waals surface area contributed by atoms with Gasteiger partial charge >= 0.3 is 0 Å². The van der Waals surface area contributed by atoms with Crippen molar-refractivity contribution >= 4 is 5.78 Å². The van der Waals surface area contributed by atoms with Crippen molar-refractivity contribution in [2.45, 2.75) is 53.9 Å². The van der Waals surface area contributed by atoms with Gasteiger partial charge in [0.2, 0.25) is 0 Å². The van der Waals surface area contributed by atoms with Crippen molar-refractivity contribution in [1.29, 1.82) is 0 Å². The van der Waals surface area contributed by atoms with Crippen LogP contribution in [0, 0.1) is 28.6 Å². The summed E-state index contributed by atoms with van der Waals surface area (Å²) in [6.45, 7) is 15.0. The van der Waals surface area contributed by atoms with Gasteiger partial charge in [0.05, 0.1) is 0 Å². The van der Waals surface area contributed by atoms with Crippen molar-refractivity contribution < 1.29 is 4.79 Å². The highest BCUT2D eigenvalue weighted by molar-refractivity contribution is 5.90. The van der Waals surface area contributed by atoms with Crippen molar-refractivity contribution in [3.63, 3.8) is 0 Å². The van der Waals surface area contributed by atoms with E-state index in [1.807, 2.05) is 0 Å². The van der Waals surface area contributed by atoms with Gasteiger partial charge in [-0.3, -0.25) is 4.79 Å². The third-order valence-electron chi connectivity index (χ3n) is 5.76. The molecule has 0 aromatic carbocycles. The standard InChI is InChI=1S/C16H26O/c1-10(2)7-11(3)16(6)9-12-8-13(14(16)17)15(12,4)5/h11-13H,1,7-9H2,2-6H3. The average Bonchev–Trinajstić information content (AvgIpc) is 2.20. The Balaban J connectivity index is 2.19. The van der Waals surface area contributed by atoms with E-state index in [4.69, 9.17) is 0 Å². The highest BCUT2D eigenvalue weighted by atomic mass is 16.1. The zero-order valence-corrected chi connectivity index (χ0v) is 12.0. The number of Topliss-reactive ketones (excluding diaryl/α,β-unsaturated/α-hetero) is 1. The van der Waals surface area contributed by atoms with Crippen LogP contribution < -0.4 is 0 Å². The zero-order chi connectivity index (χ0) is 13.0. The Labute approximate surface area is 106 Å². The monoisotopic (exact) mass is 234 g/mol. The Hall–Kier alpha value is -0.590. The van der Waals surface area contributed by atoms with E-state index in [-0.39, 0.29) is 10.8 Å². The molecular formula is C16H26O. The van der Waals surface area contributed by atoms with Crippen LogP contribution in [-0.4, -0.2) is 5.78 Å². The van der Waals surface area contributed by atoms with Crippen molar-refractivity contribution in [3.05, 3.63) is 12.2 Å². The van der Waals surface area contributed by atoms with E-state index in [9.17, 15) is 4.79 Å². The van der Waals surface area contributed by atoms with E-state index in [0.29, 0.717) is 17.6 Å². The molecule has 4 unspecified atom stereocenters. The molecule has 3 fully saturated rings. The van der Waals surface area contributed by atoms with Gasteiger partial charge in [0.15, 0.2) is 0 Å². The number of carbonyl (C=O) groups excluding carboxylic acids is 1. The van der Waals surface area contributed by atoms with Gasteiger partial charge in [0.25, 0.3) is 0 Å². The van der Waals surface area contributed by atoms with E-state index in [1.165, 1.54) is 5.57 Å². The van der Waals surface area contributed by atoms with Crippen LogP contribution in [0.4, 0.5) is 0 Å². The van der Waals surface area contributed by atoms with Crippen molar-refractivity contribution in [2.75, 3.05) is 0 Å². The summed E-state index contributed by atoms with van der Waals surface area (Å²) < 4.78 is 0. The molecule has 1 nitrogen and oxygen atoms in total. The molecule has 0 aliphatic heterocycles. The number of hydrogen-bond donors (Lipinski definition) is 0. The summed E-state index contributed by atoms with van der Waals surface area (Å²) in [5.74, 6) is 2.04. The SMILES string of the molecule is C=C(C)CC(C)C1(C)CC2CC(C1=O)C2(C)C. The Morgan fingerprint density at radius 1 is 1.47 bits per heavy atom.